The predicted molar refractivity (Wildman–Crippen MR) is 86.4 cm³/mol. The minimum atomic E-state index is 0.00709. The summed E-state index contributed by atoms with van der Waals surface area (Å²) >= 11 is 7.69. The van der Waals surface area contributed by atoms with Crippen molar-refractivity contribution in [3.8, 4) is 0 Å². The van der Waals surface area contributed by atoms with Crippen molar-refractivity contribution in [3.05, 3.63) is 52.5 Å². The average molecular weight is 317 g/mol. The van der Waals surface area contributed by atoms with Crippen molar-refractivity contribution < 1.29 is 4.79 Å². The van der Waals surface area contributed by atoms with E-state index < -0.39 is 0 Å². The number of Topliss-reactive ketones (excluding diaryl/α,β-unsaturated/α-hetero) is 1. The highest BCUT2D eigenvalue weighted by Gasteiger charge is 2.09. The number of aromatic amines is 1. The number of carbonyl (C=O) groups excluding carboxylic acids is 1. The number of hydrogen-bond acceptors (Lipinski definition) is 3. The molecule has 0 radical (unpaired) electrons. The Morgan fingerprint density at radius 3 is 2.76 bits per heavy atom. The van der Waals surface area contributed by atoms with Crippen LogP contribution in [0.5, 0.6) is 0 Å². The number of H-pyrrole nitrogens is 1. The van der Waals surface area contributed by atoms with E-state index >= 15 is 0 Å². The van der Waals surface area contributed by atoms with Gasteiger partial charge in [-0.2, -0.15) is 0 Å². The highest BCUT2D eigenvalue weighted by Crippen LogP contribution is 2.33. The minimum Gasteiger partial charge on any atom is -0.333 e. The Morgan fingerprint density at radius 1 is 1.24 bits per heavy atom. The van der Waals surface area contributed by atoms with Gasteiger partial charge in [0.15, 0.2) is 10.9 Å². The Morgan fingerprint density at radius 2 is 2.05 bits per heavy atom. The van der Waals surface area contributed by atoms with Crippen molar-refractivity contribution in [2.45, 2.75) is 23.9 Å². The molecule has 0 aliphatic carbocycles. The summed E-state index contributed by atoms with van der Waals surface area (Å²) in [6.07, 6.45) is 0. The lowest BCUT2D eigenvalue weighted by molar-refractivity contribution is 0.101. The molecule has 1 N–H and O–H groups in total. The quantitative estimate of drug-likeness (QED) is 0.700. The average Bonchev–Trinajstić information content (AvgIpc) is 2.82. The highest BCUT2D eigenvalue weighted by molar-refractivity contribution is 7.99. The van der Waals surface area contributed by atoms with Crippen molar-refractivity contribution in [1.82, 2.24) is 9.97 Å². The number of rotatable bonds is 3. The second-order valence-electron chi connectivity index (χ2n) is 4.87. The van der Waals surface area contributed by atoms with Crippen molar-refractivity contribution in [2.24, 2.45) is 0 Å². The number of nitrogens with zero attached hydrogens (tertiary/aromatic N) is 1. The fraction of sp³-hybridized carbons (Fsp3) is 0.125. The number of aryl methyl sites for hydroxylation is 1. The van der Waals surface area contributed by atoms with Gasteiger partial charge >= 0.3 is 0 Å². The lowest BCUT2D eigenvalue weighted by atomic mass is 10.1. The van der Waals surface area contributed by atoms with Crippen LogP contribution < -0.4 is 0 Å². The third kappa shape index (κ3) is 2.96. The summed E-state index contributed by atoms with van der Waals surface area (Å²) in [7, 11) is 0. The van der Waals surface area contributed by atoms with E-state index in [1.807, 2.05) is 25.1 Å². The normalized spacial score (nSPS) is 11.0. The third-order valence-corrected chi connectivity index (χ3v) is 4.55. The van der Waals surface area contributed by atoms with E-state index in [2.05, 4.69) is 16.0 Å². The van der Waals surface area contributed by atoms with Crippen molar-refractivity contribution in [2.75, 3.05) is 0 Å². The first kappa shape index (κ1) is 14.2. The zero-order valence-corrected chi connectivity index (χ0v) is 13.2. The molecule has 0 saturated heterocycles. The van der Waals surface area contributed by atoms with Crippen LogP contribution in [0.25, 0.3) is 11.0 Å². The fourth-order valence-electron chi connectivity index (χ4n) is 2.06. The summed E-state index contributed by atoms with van der Waals surface area (Å²) in [5.74, 6) is 0.00709. The fourth-order valence-corrected chi connectivity index (χ4v) is 3.16. The monoisotopic (exact) mass is 316 g/mol. The molecule has 0 spiro atoms. The van der Waals surface area contributed by atoms with Gasteiger partial charge in [-0.25, -0.2) is 4.98 Å². The molecule has 0 aliphatic heterocycles. The first-order valence-electron chi connectivity index (χ1n) is 6.47. The van der Waals surface area contributed by atoms with Crippen molar-refractivity contribution >= 4 is 40.2 Å². The van der Waals surface area contributed by atoms with Gasteiger partial charge < -0.3 is 4.98 Å². The van der Waals surface area contributed by atoms with Gasteiger partial charge in [-0.1, -0.05) is 35.5 Å². The number of nitrogens with one attached hydrogen (secondary N) is 1. The zero-order valence-electron chi connectivity index (χ0n) is 11.6. The van der Waals surface area contributed by atoms with Crippen LogP contribution in [0.2, 0.25) is 5.02 Å². The van der Waals surface area contributed by atoms with Crippen LogP contribution in [0.3, 0.4) is 0 Å². The summed E-state index contributed by atoms with van der Waals surface area (Å²) in [6, 6.07) is 11.4. The molecule has 0 aliphatic rings. The molecular formula is C16H13ClN2OS. The summed E-state index contributed by atoms with van der Waals surface area (Å²) < 4.78 is 0. The number of fused-ring (bicyclic) bond motifs is 1. The largest absolute Gasteiger partial charge is 0.333 e. The van der Waals surface area contributed by atoms with Gasteiger partial charge in [-0.05, 0) is 43.7 Å². The van der Waals surface area contributed by atoms with E-state index in [0.717, 1.165) is 21.1 Å². The second-order valence-corrected chi connectivity index (χ2v) is 6.30. The molecule has 0 fully saturated rings. The van der Waals surface area contributed by atoms with E-state index in [-0.39, 0.29) is 5.78 Å². The maximum absolute atomic E-state index is 11.3. The molecule has 2 aromatic carbocycles. The number of imidazole rings is 1. The van der Waals surface area contributed by atoms with Crippen LogP contribution in [0.4, 0.5) is 0 Å². The summed E-state index contributed by atoms with van der Waals surface area (Å²) in [5.41, 5.74) is 3.74. The third-order valence-electron chi connectivity index (χ3n) is 3.16. The van der Waals surface area contributed by atoms with E-state index in [0.29, 0.717) is 10.6 Å². The van der Waals surface area contributed by atoms with Gasteiger partial charge in [-0.15, -0.1) is 0 Å². The second kappa shape index (κ2) is 5.54. The lowest BCUT2D eigenvalue weighted by Crippen LogP contribution is -1.91. The SMILES string of the molecule is CC(=O)c1ccc(Sc2nc3ccc(C)cc3[nH]2)c(Cl)c1. The Labute approximate surface area is 131 Å². The summed E-state index contributed by atoms with van der Waals surface area (Å²) in [6.45, 7) is 3.57. The van der Waals surface area contributed by atoms with Gasteiger partial charge in [0.1, 0.15) is 0 Å². The molecule has 0 amide bonds. The van der Waals surface area contributed by atoms with Crippen molar-refractivity contribution in [3.63, 3.8) is 0 Å². The van der Waals surface area contributed by atoms with Gasteiger partial charge in [0.25, 0.3) is 0 Å². The molecule has 0 bridgehead atoms. The summed E-state index contributed by atoms with van der Waals surface area (Å²) in [4.78, 5) is 20.0. The molecule has 0 unspecified atom stereocenters. The van der Waals surface area contributed by atoms with Gasteiger partial charge in [0.05, 0.1) is 16.1 Å². The van der Waals surface area contributed by atoms with E-state index in [1.54, 1.807) is 12.1 Å². The smallest absolute Gasteiger partial charge is 0.171 e. The molecular weight excluding hydrogens is 304 g/mol. The number of ketones is 1. The van der Waals surface area contributed by atoms with E-state index in [4.69, 9.17) is 11.6 Å². The molecule has 3 aromatic rings. The standard InChI is InChI=1S/C16H13ClN2OS/c1-9-3-5-13-14(7-9)19-16(18-13)21-15-6-4-11(10(2)20)8-12(15)17/h3-8H,1-2H3,(H,18,19). The Bertz CT molecular complexity index is 841. The maximum Gasteiger partial charge on any atom is 0.171 e. The van der Waals surface area contributed by atoms with Crippen LogP contribution in [-0.4, -0.2) is 15.8 Å². The summed E-state index contributed by atoms with van der Waals surface area (Å²) in [5, 5.41) is 1.34. The topological polar surface area (TPSA) is 45.8 Å². The first-order valence-corrected chi connectivity index (χ1v) is 7.67. The molecule has 1 heterocycles. The number of aromatic nitrogens is 2. The lowest BCUT2D eigenvalue weighted by Gasteiger charge is -2.03. The number of hydrogen-bond donors (Lipinski definition) is 1. The molecule has 3 nitrogen and oxygen atoms in total. The van der Waals surface area contributed by atoms with Gasteiger partial charge in [0.2, 0.25) is 0 Å². The first-order chi connectivity index (χ1) is 10.0. The van der Waals surface area contributed by atoms with Crippen LogP contribution in [0.15, 0.2) is 46.5 Å². The maximum atomic E-state index is 11.3. The number of benzene rings is 2. The predicted octanol–water partition coefficient (Wildman–Crippen LogP) is 4.88. The van der Waals surface area contributed by atoms with Gasteiger partial charge in [-0.3, -0.25) is 4.79 Å². The van der Waals surface area contributed by atoms with Crippen molar-refractivity contribution in [1.29, 1.82) is 0 Å². The van der Waals surface area contributed by atoms with Gasteiger partial charge in [0, 0.05) is 10.5 Å². The molecule has 106 valence electrons. The Balaban J connectivity index is 1.93. The molecule has 5 heteroatoms. The molecule has 3 rings (SSSR count). The molecule has 0 saturated carbocycles. The van der Waals surface area contributed by atoms with E-state index in [1.165, 1.54) is 24.2 Å². The van der Waals surface area contributed by atoms with Crippen LogP contribution >= 0.6 is 23.4 Å². The zero-order chi connectivity index (χ0) is 15.0. The van der Waals surface area contributed by atoms with E-state index in [9.17, 15) is 4.79 Å². The number of halogens is 1. The minimum absolute atomic E-state index is 0.00709. The number of carbonyl (C=O) groups is 1. The molecule has 21 heavy (non-hydrogen) atoms. The highest BCUT2D eigenvalue weighted by atomic mass is 35.5. The van der Waals surface area contributed by atoms with Crippen LogP contribution in [0.1, 0.15) is 22.8 Å². The Kier molecular flexibility index (Phi) is 3.74. The van der Waals surface area contributed by atoms with Crippen LogP contribution in [0, 0.1) is 6.92 Å². The molecule has 1 aromatic heterocycles. The Hall–Kier alpha value is -1.78. The molecule has 0 atom stereocenters. The van der Waals surface area contributed by atoms with Crippen LogP contribution in [-0.2, 0) is 0 Å².